The molecule has 9 heteroatoms. The molecule has 0 bridgehead atoms. The maximum absolute atomic E-state index is 12.6. The molecule has 2 aromatic rings. The van der Waals surface area contributed by atoms with Crippen molar-refractivity contribution >= 4 is 11.6 Å². The van der Waals surface area contributed by atoms with Gasteiger partial charge in [-0.2, -0.15) is 18.3 Å². The molecule has 0 aromatic carbocycles. The van der Waals surface area contributed by atoms with Gasteiger partial charge in [0.2, 0.25) is 0 Å². The molecule has 0 amide bonds. The monoisotopic (exact) mass is 332 g/mol. The topological polar surface area (TPSA) is 52.7 Å². The van der Waals surface area contributed by atoms with E-state index >= 15 is 0 Å². The molecule has 3 heterocycles. The summed E-state index contributed by atoms with van der Waals surface area (Å²) in [5.41, 5.74) is -1.02. The van der Waals surface area contributed by atoms with Gasteiger partial charge in [0.05, 0.1) is 22.8 Å². The fourth-order valence-electron chi connectivity index (χ4n) is 2.43. The van der Waals surface area contributed by atoms with Crippen LogP contribution >= 0.6 is 11.6 Å². The van der Waals surface area contributed by atoms with Crippen molar-refractivity contribution in [1.29, 1.82) is 0 Å². The molecule has 3 rings (SSSR count). The third-order valence-corrected chi connectivity index (χ3v) is 3.90. The number of halogens is 4. The Kier molecular flexibility index (Phi) is 3.72. The molecule has 22 heavy (non-hydrogen) atoms. The lowest BCUT2D eigenvalue weighted by atomic mass is 10.2. The summed E-state index contributed by atoms with van der Waals surface area (Å²) in [6.07, 6.45) is -1.19. The van der Waals surface area contributed by atoms with E-state index in [1.165, 1.54) is 4.68 Å². The second-order valence-corrected chi connectivity index (χ2v) is 5.52. The van der Waals surface area contributed by atoms with Crippen LogP contribution in [0.1, 0.15) is 29.9 Å². The predicted molar refractivity (Wildman–Crippen MR) is 72.8 cm³/mol. The van der Waals surface area contributed by atoms with Crippen molar-refractivity contribution in [2.24, 2.45) is 0 Å². The molecule has 0 fully saturated rings. The van der Waals surface area contributed by atoms with Gasteiger partial charge < -0.3 is 0 Å². The fourth-order valence-corrected chi connectivity index (χ4v) is 2.66. The zero-order chi connectivity index (χ0) is 15.9. The molecule has 1 aliphatic rings. The molecule has 5 nitrogen and oxygen atoms in total. The molecular formula is C13H12ClF3N4O. The standard InChI is InChI=1S/C13H12ClF3N4O/c14-9-5-8(13(15,16)17)6-18-10(9)7-21-12(22)20-4-2-1-3-11(20)19-21/h5-6H,1-4,7H2. The lowest BCUT2D eigenvalue weighted by Gasteiger charge is -2.09. The van der Waals surface area contributed by atoms with Crippen LogP contribution in [0.25, 0.3) is 0 Å². The largest absolute Gasteiger partial charge is 0.417 e. The van der Waals surface area contributed by atoms with Gasteiger partial charge in [0.1, 0.15) is 5.82 Å². The minimum atomic E-state index is -4.50. The summed E-state index contributed by atoms with van der Waals surface area (Å²) in [5, 5.41) is 4.07. The Labute approximate surface area is 128 Å². The Morgan fingerprint density at radius 1 is 1.32 bits per heavy atom. The van der Waals surface area contributed by atoms with Crippen molar-refractivity contribution in [3.05, 3.63) is 44.9 Å². The van der Waals surface area contributed by atoms with Gasteiger partial charge in [0, 0.05) is 19.2 Å². The number of aromatic nitrogens is 4. The van der Waals surface area contributed by atoms with Gasteiger partial charge in [0.25, 0.3) is 0 Å². The van der Waals surface area contributed by atoms with Crippen LogP contribution < -0.4 is 5.69 Å². The van der Waals surface area contributed by atoms with Crippen LogP contribution in [0.4, 0.5) is 13.2 Å². The molecule has 0 atom stereocenters. The van der Waals surface area contributed by atoms with E-state index in [9.17, 15) is 18.0 Å². The zero-order valence-corrected chi connectivity index (χ0v) is 12.2. The molecule has 0 saturated heterocycles. The molecule has 0 unspecified atom stereocenters. The first-order valence-electron chi connectivity index (χ1n) is 6.74. The smallest absolute Gasteiger partial charge is 0.279 e. The highest BCUT2D eigenvalue weighted by Gasteiger charge is 2.31. The average molecular weight is 333 g/mol. The van der Waals surface area contributed by atoms with E-state index in [1.54, 1.807) is 4.57 Å². The second kappa shape index (κ2) is 5.42. The number of hydrogen-bond donors (Lipinski definition) is 0. The van der Waals surface area contributed by atoms with E-state index in [4.69, 9.17) is 11.6 Å². The number of hydrogen-bond acceptors (Lipinski definition) is 3. The normalized spacial score (nSPS) is 14.9. The van der Waals surface area contributed by atoms with Gasteiger partial charge in [-0.15, -0.1) is 0 Å². The third kappa shape index (κ3) is 2.75. The average Bonchev–Trinajstić information content (AvgIpc) is 2.77. The van der Waals surface area contributed by atoms with Crippen LogP contribution in [0.5, 0.6) is 0 Å². The summed E-state index contributed by atoms with van der Waals surface area (Å²) >= 11 is 5.85. The molecule has 1 aliphatic heterocycles. The first-order chi connectivity index (χ1) is 10.4. The SMILES string of the molecule is O=c1n(Cc2ncc(C(F)(F)F)cc2Cl)nc2n1CCCC2. The van der Waals surface area contributed by atoms with Crippen molar-refractivity contribution in [3.8, 4) is 0 Å². The molecular weight excluding hydrogens is 321 g/mol. The van der Waals surface area contributed by atoms with Crippen molar-refractivity contribution in [2.75, 3.05) is 0 Å². The zero-order valence-electron chi connectivity index (χ0n) is 11.4. The Morgan fingerprint density at radius 2 is 2.09 bits per heavy atom. The fraction of sp³-hybridized carbons (Fsp3) is 0.462. The minimum absolute atomic E-state index is 0.0458. The first-order valence-corrected chi connectivity index (χ1v) is 7.12. The predicted octanol–water partition coefficient (Wildman–Crippen LogP) is 2.50. The highest BCUT2D eigenvalue weighted by atomic mass is 35.5. The lowest BCUT2D eigenvalue weighted by Crippen LogP contribution is -2.27. The highest BCUT2D eigenvalue weighted by Crippen LogP contribution is 2.31. The minimum Gasteiger partial charge on any atom is -0.279 e. The van der Waals surface area contributed by atoms with E-state index in [0.717, 1.165) is 25.3 Å². The van der Waals surface area contributed by atoms with Gasteiger partial charge in [0.15, 0.2) is 0 Å². The summed E-state index contributed by atoms with van der Waals surface area (Å²) in [4.78, 5) is 15.9. The van der Waals surface area contributed by atoms with Crippen molar-refractivity contribution in [3.63, 3.8) is 0 Å². The van der Waals surface area contributed by atoms with Gasteiger partial charge in [-0.25, -0.2) is 9.48 Å². The van der Waals surface area contributed by atoms with Crippen LogP contribution in [-0.2, 0) is 25.7 Å². The van der Waals surface area contributed by atoms with Gasteiger partial charge >= 0.3 is 11.9 Å². The van der Waals surface area contributed by atoms with Crippen molar-refractivity contribution < 1.29 is 13.2 Å². The van der Waals surface area contributed by atoms with E-state index in [-0.39, 0.29) is 23.0 Å². The maximum atomic E-state index is 12.6. The molecule has 0 radical (unpaired) electrons. The van der Waals surface area contributed by atoms with Crippen LogP contribution in [0.3, 0.4) is 0 Å². The van der Waals surface area contributed by atoms with E-state index in [1.807, 2.05) is 0 Å². The van der Waals surface area contributed by atoms with E-state index < -0.39 is 11.7 Å². The number of rotatable bonds is 2. The Hall–Kier alpha value is -1.83. The van der Waals surface area contributed by atoms with Crippen LogP contribution in [0, 0.1) is 0 Å². The van der Waals surface area contributed by atoms with Gasteiger partial charge in [-0.1, -0.05) is 11.6 Å². The van der Waals surface area contributed by atoms with Gasteiger partial charge in [-0.3, -0.25) is 9.55 Å². The summed E-state index contributed by atoms with van der Waals surface area (Å²) in [7, 11) is 0. The molecule has 0 N–H and O–H groups in total. The quantitative estimate of drug-likeness (QED) is 0.849. The Morgan fingerprint density at radius 3 is 2.73 bits per heavy atom. The third-order valence-electron chi connectivity index (χ3n) is 3.58. The highest BCUT2D eigenvalue weighted by molar-refractivity contribution is 6.31. The lowest BCUT2D eigenvalue weighted by molar-refractivity contribution is -0.137. The Bertz CT molecular complexity index is 766. The number of fused-ring (bicyclic) bond motifs is 1. The molecule has 0 aliphatic carbocycles. The Balaban J connectivity index is 1.91. The number of nitrogens with zero attached hydrogens (tertiary/aromatic N) is 4. The molecule has 2 aromatic heterocycles. The van der Waals surface area contributed by atoms with Crippen LogP contribution in [0.2, 0.25) is 5.02 Å². The summed E-state index contributed by atoms with van der Waals surface area (Å²) in [5.74, 6) is 0.694. The number of pyridine rings is 1. The van der Waals surface area contributed by atoms with Gasteiger partial charge in [-0.05, 0) is 18.9 Å². The second-order valence-electron chi connectivity index (χ2n) is 5.12. The van der Waals surface area contributed by atoms with E-state index in [2.05, 4.69) is 10.1 Å². The maximum Gasteiger partial charge on any atom is 0.417 e. The summed E-state index contributed by atoms with van der Waals surface area (Å²) in [6.45, 7) is 0.568. The van der Waals surface area contributed by atoms with E-state index in [0.29, 0.717) is 18.6 Å². The number of aryl methyl sites for hydroxylation is 1. The molecule has 118 valence electrons. The number of alkyl halides is 3. The van der Waals surface area contributed by atoms with Crippen molar-refractivity contribution in [1.82, 2.24) is 19.3 Å². The summed E-state index contributed by atoms with van der Waals surface area (Å²) < 4.78 is 40.5. The van der Waals surface area contributed by atoms with Crippen molar-refractivity contribution in [2.45, 2.75) is 38.5 Å². The van der Waals surface area contributed by atoms with Crippen LogP contribution in [-0.4, -0.2) is 19.3 Å². The molecule has 0 saturated carbocycles. The summed E-state index contributed by atoms with van der Waals surface area (Å²) in [6, 6.07) is 0.810. The van der Waals surface area contributed by atoms with Crippen LogP contribution in [0.15, 0.2) is 17.1 Å². The first kappa shape index (κ1) is 15.1. The molecule has 0 spiro atoms.